The molecule has 2 N–H and O–H groups in total. The molecule has 1 aromatic heterocycles. The van der Waals surface area contributed by atoms with Gasteiger partial charge in [0.25, 0.3) is 0 Å². The van der Waals surface area contributed by atoms with Gasteiger partial charge in [0.05, 0.1) is 11.9 Å². The molecule has 24 heavy (non-hydrogen) atoms. The number of carbonyl (C=O) groups excluding carboxylic acids is 1. The number of anilines is 1. The average Bonchev–Trinajstić information content (AvgIpc) is 3.29. The fourth-order valence-corrected chi connectivity index (χ4v) is 3.90. The number of amides is 1. The monoisotopic (exact) mass is 364 g/mol. The molecule has 128 valence electrons. The Morgan fingerprint density at radius 3 is 3.00 bits per heavy atom. The lowest BCUT2D eigenvalue weighted by Crippen LogP contribution is -2.32. The van der Waals surface area contributed by atoms with E-state index in [0.717, 1.165) is 28.9 Å². The molecule has 6 nitrogen and oxygen atoms in total. The lowest BCUT2D eigenvalue weighted by molar-refractivity contribution is -0.119. The molecule has 2 aromatic rings. The molecule has 1 aliphatic heterocycles. The Morgan fingerprint density at radius 2 is 2.21 bits per heavy atom. The van der Waals surface area contributed by atoms with Crippen molar-refractivity contribution in [1.82, 2.24) is 15.5 Å². The van der Waals surface area contributed by atoms with Crippen LogP contribution in [0.5, 0.6) is 0 Å². The molecule has 0 saturated carbocycles. The Hall–Kier alpha value is -1.64. The highest BCUT2D eigenvalue weighted by Crippen LogP contribution is 2.25. The van der Waals surface area contributed by atoms with Gasteiger partial charge in [-0.1, -0.05) is 53.4 Å². The first-order chi connectivity index (χ1) is 11.8. The molecule has 1 saturated heterocycles. The van der Waals surface area contributed by atoms with Gasteiger partial charge in [-0.2, -0.15) is 0 Å². The third-order valence-corrected chi connectivity index (χ3v) is 5.58. The number of hydrogen-bond donors (Lipinski definition) is 2. The topological polar surface area (TPSA) is 76.1 Å². The summed E-state index contributed by atoms with van der Waals surface area (Å²) in [5.41, 5.74) is 1.19. The smallest absolute Gasteiger partial charge is 0.230 e. The molecule has 8 heteroatoms. The summed E-state index contributed by atoms with van der Waals surface area (Å²) in [6.07, 6.45) is 2.29. The molecule has 0 radical (unpaired) electrons. The molecule has 1 atom stereocenters. The number of rotatable bonds is 8. The van der Waals surface area contributed by atoms with E-state index in [9.17, 15) is 4.79 Å². The van der Waals surface area contributed by atoms with E-state index >= 15 is 0 Å². The second-order valence-electron chi connectivity index (χ2n) is 5.44. The summed E-state index contributed by atoms with van der Waals surface area (Å²) in [5, 5.41) is 15.1. The van der Waals surface area contributed by atoms with E-state index < -0.39 is 0 Å². The summed E-state index contributed by atoms with van der Waals surface area (Å²) in [4.78, 5) is 11.8. The van der Waals surface area contributed by atoms with Crippen LogP contribution in [0.25, 0.3) is 0 Å². The van der Waals surface area contributed by atoms with Gasteiger partial charge in [-0.3, -0.25) is 4.79 Å². The highest BCUT2D eigenvalue weighted by atomic mass is 32.2. The van der Waals surface area contributed by atoms with Crippen molar-refractivity contribution < 1.29 is 9.53 Å². The van der Waals surface area contributed by atoms with Gasteiger partial charge < -0.3 is 15.4 Å². The zero-order valence-corrected chi connectivity index (χ0v) is 14.9. The van der Waals surface area contributed by atoms with Crippen LogP contribution in [0.1, 0.15) is 18.4 Å². The number of nitrogens with one attached hydrogen (secondary N) is 2. The van der Waals surface area contributed by atoms with Gasteiger partial charge in [-0.05, 0) is 18.4 Å². The van der Waals surface area contributed by atoms with Crippen molar-refractivity contribution in [3.8, 4) is 0 Å². The van der Waals surface area contributed by atoms with Crippen LogP contribution in [0.2, 0.25) is 0 Å². The van der Waals surface area contributed by atoms with Crippen LogP contribution in [0, 0.1) is 0 Å². The Balaban J connectivity index is 1.36. The summed E-state index contributed by atoms with van der Waals surface area (Å²) in [6, 6.07) is 10.1. The van der Waals surface area contributed by atoms with Crippen LogP contribution in [0.15, 0.2) is 34.7 Å². The number of carbonyl (C=O) groups is 1. The van der Waals surface area contributed by atoms with E-state index in [-0.39, 0.29) is 12.0 Å². The highest BCUT2D eigenvalue weighted by molar-refractivity contribution is 8.01. The zero-order valence-electron chi connectivity index (χ0n) is 13.2. The van der Waals surface area contributed by atoms with E-state index in [0.29, 0.717) is 18.8 Å². The molecule has 3 rings (SSSR count). The molecule has 0 bridgehead atoms. The molecule has 2 heterocycles. The van der Waals surface area contributed by atoms with Crippen LogP contribution in [0.4, 0.5) is 5.13 Å². The van der Waals surface area contributed by atoms with Gasteiger partial charge in [0, 0.05) is 19.7 Å². The fraction of sp³-hybridized carbons (Fsp3) is 0.438. The second-order valence-corrected chi connectivity index (χ2v) is 7.64. The number of nitrogens with zero attached hydrogens (tertiary/aromatic N) is 2. The number of ether oxygens (including phenoxy) is 1. The van der Waals surface area contributed by atoms with E-state index in [4.69, 9.17) is 4.74 Å². The van der Waals surface area contributed by atoms with Gasteiger partial charge in [0.1, 0.15) is 0 Å². The molecule has 0 aliphatic carbocycles. The molecule has 0 spiro atoms. The van der Waals surface area contributed by atoms with Crippen molar-refractivity contribution in [1.29, 1.82) is 0 Å². The van der Waals surface area contributed by atoms with Crippen LogP contribution in [-0.4, -0.2) is 41.1 Å². The van der Waals surface area contributed by atoms with Crippen molar-refractivity contribution in [2.45, 2.75) is 29.8 Å². The fourth-order valence-electron chi connectivity index (χ4n) is 2.32. The van der Waals surface area contributed by atoms with Crippen LogP contribution >= 0.6 is 23.1 Å². The third-order valence-electron chi connectivity index (χ3n) is 3.57. The summed E-state index contributed by atoms with van der Waals surface area (Å²) in [7, 11) is 0. The van der Waals surface area contributed by atoms with Gasteiger partial charge >= 0.3 is 0 Å². The maximum Gasteiger partial charge on any atom is 0.230 e. The quantitative estimate of drug-likeness (QED) is 0.701. The van der Waals surface area contributed by atoms with Crippen molar-refractivity contribution in [3.05, 3.63) is 35.9 Å². The number of hydrogen-bond acceptors (Lipinski definition) is 7. The summed E-state index contributed by atoms with van der Waals surface area (Å²) in [5.74, 6) is 0.351. The van der Waals surface area contributed by atoms with Crippen LogP contribution in [0.3, 0.4) is 0 Å². The lowest BCUT2D eigenvalue weighted by atomic mass is 10.2. The zero-order chi connectivity index (χ0) is 16.6. The first-order valence-electron chi connectivity index (χ1n) is 7.92. The maximum absolute atomic E-state index is 11.8. The van der Waals surface area contributed by atoms with Gasteiger partial charge in [-0.15, -0.1) is 10.2 Å². The van der Waals surface area contributed by atoms with Gasteiger partial charge in [0.15, 0.2) is 4.34 Å². The molecule has 1 amide bonds. The van der Waals surface area contributed by atoms with E-state index in [1.165, 1.54) is 28.7 Å². The molecule has 1 aromatic carbocycles. The summed E-state index contributed by atoms with van der Waals surface area (Å²) < 4.78 is 6.27. The lowest BCUT2D eigenvalue weighted by Gasteiger charge is -2.09. The third kappa shape index (κ3) is 5.47. The number of benzene rings is 1. The summed E-state index contributed by atoms with van der Waals surface area (Å²) >= 11 is 2.87. The maximum atomic E-state index is 11.8. The predicted octanol–water partition coefficient (Wildman–Crippen LogP) is 2.54. The number of thioether (sulfide) groups is 1. The second kappa shape index (κ2) is 9.00. The first kappa shape index (κ1) is 17.2. The highest BCUT2D eigenvalue weighted by Gasteiger charge is 2.16. The van der Waals surface area contributed by atoms with Gasteiger partial charge in [-0.25, -0.2) is 0 Å². The van der Waals surface area contributed by atoms with E-state index in [1.54, 1.807) is 0 Å². The Bertz CT molecular complexity index is 645. The minimum Gasteiger partial charge on any atom is -0.376 e. The van der Waals surface area contributed by atoms with Gasteiger partial charge in [0.2, 0.25) is 11.0 Å². The minimum atomic E-state index is 0.00416. The number of aromatic nitrogens is 2. The van der Waals surface area contributed by atoms with Crippen molar-refractivity contribution in [2.24, 2.45) is 0 Å². The van der Waals surface area contributed by atoms with E-state index in [1.807, 2.05) is 18.2 Å². The average molecular weight is 364 g/mol. The SMILES string of the molecule is O=C(CSc1nnc(NCc2ccccc2)s1)NCC1CCCO1. The van der Waals surface area contributed by atoms with Crippen molar-refractivity contribution in [3.63, 3.8) is 0 Å². The van der Waals surface area contributed by atoms with Crippen LogP contribution < -0.4 is 10.6 Å². The van der Waals surface area contributed by atoms with Crippen molar-refractivity contribution in [2.75, 3.05) is 24.2 Å². The normalized spacial score (nSPS) is 16.9. The minimum absolute atomic E-state index is 0.00416. The Labute approximate surface area is 149 Å². The molecule has 1 unspecified atom stereocenters. The predicted molar refractivity (Wildman–Crippen MR) is 96.4 cm³/mol. The Morgan fingerprint density at radius 1 is 1.33 bits per heavy atom. The standard InChI is InChI=1S/C16H20N4O2S2/c21-14(17-10-13-7-4-8-22-13)11-23-16-20-19-15(24-16)18-9-12-5-2-1-3-6-12/h1-3,5-6,13H,4,7-11H2,(H,17,21)(H,18,19). The Kier molecular flexibility index (Phi) is 6.45. The largest absolute Gasteiger partial charge is 0.376 e. The van der Waals surface area contributed by atoms with Crippen LogP contribution in [-0.2, 0) is 16.1 Å². The molecule has 1 aliphatic rings. The van der Waals surface area contributed by atoms with Crippen molar-refractivity contribution >= 4 is 34.1 Å². The molecular weight excluding hydrogens is 344 g/mol. The first-order valence-corrected chi connectivity index (χ1v) is 9.72. The molecular formula is C16H20N4O2S2. The summed E-state index contributed by atoms with van der Waals surface area (Å²) in [6.45, 7) is 2.11. The van der Waals surface area contributed by atoms with E-state index in [2.05, 4.69) is 33.0 Å². The molecule has 1 fully saturated rings.